The van der Waals surface area contributed by atoms with Gasteiger partial charge in [-0.15, -0.1) is 11.3 Å². The van der Waals surface area contributed by atoms with Gasteiger partial charge in [-0.1, -0.05) is 18.2 Å². The van der Waals surface area contributed by atoms with Crippen LogP contribution >= 0.6 is 11.3 Å². The van der Waals surface area contributed by atoms with Gasteiger partial charge in [-0.2, -0.15) is 5.10 Å². The third-order valence-corrected chi connectivity index (χ3v) is 4.58. The summed E-state index contributed by atoms with van der Waals surface area (Å²) in [5, 5.41) is 5.80. The quantitative estimate of drug-likeness (QED) is 0.569. The van der Waals surface area contributed by atoms with Crippen molar-refractivity contribution in [2.24, 2.45) is 12.9 Å². The van der Waals surface area contributed by atoms with Crippen LogP contribution < -0.4 is 11.3 Å². The van der Waals surface area contributed by atoms with Gasteiger partial charge in [0.2, 0.25) is 0 Å². The summed E-state index contributed by atoms with van der Waals surface area (Å²) >= 11 is 1.63. The first-order chi connectivity index (χ1) is 9.70. The Hall–Kier alpha value is -1.76. The second kappa shape index (κ2) is 5.32. The lowest BCUT2D eigenvalue weighted by molar-refractivity contribution is 0.548. The van der Waals surface area contributed by atoms with Crippen LogP contribution in [0.1, 0.15) is 22.3 Å². The number of rotatable bonds is 4. The molecule has 0 radical (unpaired) electrons. The summed E-state index contributed by atoms with van der Waals surface area (Å²) in [5.74, 6) is 5.73. The molecule has 1 atom stereocenters. The number of aromatic nitrogens is 3. The van der Waals surface area contributed by atoms with Gasteiger partial charge < -0.3 is 0 Å². The van der Waals surface area contributed by atoms with Gasteiger partial charge in [0.1, 0.15) is 0 Å². The van der Waals surface area contributed by atoms with E-state index in [4.69, 9.17) is 5.84 Å². The molecule has 0 bridgehead atoms. The topological polar surface area (TPSA) is 68.8 Å². The predicted molar refractivity (Wildman–Crippen MR) is 81.3 cm³/mol. The van der Waals surface area contributed by atoms with Crippen molar-refractivity contribution in [3.8, 4) is 0 Å². The zero-order chi connectivity index (χ0) is 14.1. The van der Waals surface area contributed by atoms with Gasteiger partial charge in [0.15, 0.2) is 0 Å². The molecule has 0 fully saturated rings. The molecule has 0 amide bonds. The molecule has 1 unspecified atom stereocenters. The van der Waals surface area contributed by atoms with Crippen molar-refractivity contribution in [3.05, 3.63) is 46.0 Å². The molecular weight excluding hydrogens is 270 g/mol. The summed E-state index contributed by atoms with van der Waals surface area (Å²) in [5.41, 5.74) is 7.96. The normalized spacial score (nSPS) is 12.9. The van der Waals surface area contributed by atoms with Gasteiger partial charge in [0.25, 0.3) is 0 Å². The fourth-order valence-electron chi connectivity index (χ4n) is 2.51. The summed E-state index contributed by atoms with van der Waals surface area (Å²) < 4.78 is 1.91. The summed E-state index contributed by atoms with van der Waals surface area (Å²) in [6.07, 6.45) is 0.751. The van der Waals surface area contributed by atoms with Gasteiger partial charge >= 0.3 is 0 Å². The Kier molecular flexibility index (Phi) is 3.52. The molecule has 0 spiro atoms. The Morgan fingerprint density at radius 2 is 2.20 bits per heavy atom. The Balaban J connectivity index is 1.98. The number of hydrazine groups is 1. The first kappa shape index (κ1) is 13.2. The zero-order valence-electron chi connectivity index (χ0n) is 11.5. The van der Waals surface area contributed by atoms with E-state index in [2.05, 4.69) is 27.6 Å². The van der Waals surface area contributed by atoms with E-state index in [9.17, 15) is 0 Å². The van der Waals surface area contributed by atoms with Gasteiger partial charge in [-0.05, 0) is 13.0 Å². The largest absolute Gasteiger partial charge is 0.271 e. The molecule has 3 rings (SSSR count). The first-order valence-electron chi connectivity index (χ1n) is 6.47. The number of aryl methyl sites for hydroxylation is 2. The minimum absolute atomic E-state index is 0.0424. The fourth-order valence-corrected chi connectivity index (χ4v) is 3.37. The van der Waals surface area contributed by atoms with E-state index in [1.165, 1.54) is 10.3 Å². The average Bonchev–Trinajstić information content (AvgIpc) is 3.01. The molecular formula is C14H17N5S. The number of thiazole rings is 1. The van der Waals surface area contributed by atoms with Crippen molar-refractivity contribution in [1.29, 1.82) is 0 Å². The summed E-state index contributed by atoms with van der Waals surface area (Å²) in [7, 11) is 1.97. The highest BCUT2D eigenvalue weighted by atomic mass is 32.1. The standard InChI is InChI=1S/C14H17N5S/c1-9-14(20-8-16-9)12(17-15)7-11-10-5-3-4-6-13(10)19(2)18-11/h3-6,8,12,17H,7,15H2,1-2H3. The van der Waals surface area contributed by atoms with Crippen LogP contribution in [-0.2, 0) is 13.5 Å². The molecule has 6 heteroatoms. The van der Waals surface area contributed by atoms with Crippen LogP contribution in [0, 0.1) is 6.92 Å². The molecule has 2 heterocycles. The third-order valence-electron chi connectivity index (χ3n) is 3.53. The lowest BCUT2D eigenvalue weighted by Crippen LogP contribution is -2.29. The van der Waals surface area contributed by atoms with Crippen molar-refractivity contribution < 1.29 is 0 Å². The summed E-state index contributed by atoms with van der Waals surface area (Å²) in [6, 6.07) is 8.29. The first-order valence-corrected chi connectivity index (χ1v) is 7.35. The van der Waals surface area contributed by atoms with Crippen LogP contribution in [0.5, 0.6) is 0 Å². The number of nitrogens with two attached hydrogens (primary N) is 1. The number of fused-ring (bicyclic) bond motifs is 1. The van der Waals surface area contributed by atoms with Crippen LogP contribution in [-0.4, -0.2) is 14.8 Å². The van der Waals surface area contributed by atoms with Gasteiger partial charge in [0.05, 0.1) is 28.5 Å². The van der Waals surface area contributed by atoms with E-state index in [1.807, 2.05) is 36.3 Å². The fraction of sp³-hybridized carbons (Fsp3) is 0.286. The van der Waals surface area contributed by atoms with Crippen molar-refractivity contribution in [2.75, 3.05) is 0 Å². The minimum Gasteiger partial charge on any atom is -0.271 e. The molecule has 0 aliphatic heterocycles. The van der Waals surface area contributed by atoms with Gasteiger partial charge in [-0.3, -0.25) is 16.0 Å². The van der Waals surface area contributed by atoms with Crippen LogP contribution in [0.4, 0.5) is 0 Å². The van der Waals surface area contributed by atoms with Crippen molar-refractivity contribution >= 4 is 22.2 Å². The zero-order valence-corrected chi connectivity index (χ0v) is 12.3. The lowest BCUT2D eigenvalue weighted by Gasteiger charge is -2.13. The van der Waals surface area contributed by atoms with Gasteiger partial charge in [-0.25, -0.2) is 4.98 Å². The van der Waals surface area contributed by atoms with E-state index in [0.29, 0.717) is 0 Å². The van der Waals surface area contributed by atoms with E-state index in [1.54, 1.807) is 11.3 Å². The highest BCUT2D eigenvalue weighted by molar-refractivity contribution is 7.09. The Morgan fingerprint density at radius 3 is 2.90 bits per heavy atom. The molecule has 3 N–H and O–H groups in total. The van der Waals surface area contributed by atoms with E-state index in [0.717, 1.165) is 23.3 Å². The number of hydrogen-bond acceptors (Lipinski definition) is 5. The number of benzene rings is 1. The van der Waals surface area contributed by atoms with E-state index in [-0.39, 0.29) is 6.04 Å². The molecule has 5 nitrogen and oxygen atoms in total. The highest BCUT2D eigenvalue weighted by Gasteiger charge is 2.18. The summed E-state index contributed by atoms with van der Waals surface area (Å²) in [6.45, 7) is 2.01. The van der Waals surface area contributed by atoms with Crippen molar-refractivity contribution in [1.82, 2.24) is 20.2 Å². The molecule has 20 heavy (non-hydrogen) atoms. The second-order valence-corrected chi connectivity index (χ2v) is 5.70. The van der Waals surface area contributed by atoms with Crippen LogP contribution in [0.15, 0.2) is 29.8 Å². The third kappa shape index (κ3) is 2.22. The summed E-state index contributed by atoms with van der Waals surface area (Å²) in [4.78, 5) is 5.46. The molecule has 0 saturated heterocycles. The maximum atomic E-state index is 5.73. The highest BCUT2D eigenvalue weighted by Crippen LogP contribution is 2.27. The maximum absolute atomic E-state index is 5.73. The number of nitrogens with zero attached hydrogens (tertiary/aromatic N) is 3. The van der Waals surface area contributed by atoms with E-state index < -0.39 is 0 Å². The van der Waals surface area contributed by atoms with Crippen LogP contribution in [0.3, 0.4) is 0 Å². The molecule has 3 aromatic rings. The van der Waals surface area contributed by atoms with E-state index >= 15 is 0 Å². The predicted octanol–water partition coefficient (Wildman–Crippen LogP) is 2.09. The Labute approximate surface area is 121 Å². The van der Waals surface area contributed by atoms with Crippen molar-refractivity contribution in [2.45, 2.75) is 19.4 Å². The monoisotopic (exact) mass is 287 g/mol. The SMILES string of the molecule is Cc1ncsc1C(Cc1nn(C)c2ccccc12)NN. The van der Waals surface area contributed by atoms with Gasteiger partial charge in [0, 0.05) is 23.7 Å². The molecule has 0 aliphatic rings. The molecule has 0 saturated carbocycles. The average molecular weight is 287 g/mol. The smallest absolute Gasteiger partial charge is 0.0798 e. The van der Waals surface area contributed by atoms with Crippen molar-refractivity contribution in [3.63, 3.8) is 0 Å². The molecule has 2 aromatic heterocycles. The Bertz CT molecular complexity index is 730. The molecule has 104 valence electrons. The molecule has 0 aliphatic carbocycles. The number of para-hydroxylation sites is 1. The van der Waals surface area contributed by atoms with Crippen LogP contribution in [0.2, 0.25) is 0 Å². The lowest BCUT2D eigenvalue weighted by atomic mass is 10.1. The maximum Gasteiger partial charge on any atom is 0.0798 e. The minimum atomic E-state index is 0.0424. The number of nitrogens with one attached hydrogen (secondary N) is 1. The number of hydrogen-bond donors (Lipinski definition) is 2. The Morgan fingerprint density at radius 1 is 1.40 bits per heavy atom. The van der Waals surface area contributed by atoms with Crippen LogP contribution in [0.25, 0.3) is 10.9 Å². The molecule has 1 aromatic carbocycles. The second-order valence-electron chi connectivity index (χ2n) is 4.81.